The van der Waals surface area contributed by atoms with Crippen LogP contribution in [0.5, 0.6) is 5.75 Å². The van der Waals surface area contributed by atoms with E-state index in [0.717, 1.165) is 55.7 Å². The van der Waals surface area contributed by atoms with E-state index in [1.165, 1.54) is 6.42 Å². The number of halogens is 1. The molecule has 154 valence electrons. The van der Waals surface area contributed by atoms with Crippen LogP contribution in [0.25, 0.3) is 0 Å². The van der Waals surface area contributed by atoms with Crippen molar-refractivity contribution >= 4 is 11.8 Å². The molecule has 1 unspecified atom stereocenters. The highest BCUT2D eigenvalue weighted by Crippen LogP contribution is 2.38. The predicted octanol–water partition coefficient (Wildman–Crippen LogP) is 4.03. The minimum Gasteiger partial charge on any atom is -0.409 e. The first-order valence-electron chi connectivity index (χ1n) is 10.3. The zero-order valence-electron chi connectivity index (χ0n) is 16.5. The summed E-state index contributed by atoms with van der Waals surface area (Å²) in [4.78, 5) is 18.5. The number of fused-ring (bicyclic) bond motifs is 1. The number of nitrogens with one attached hydrogen (secondary N) is 1. The van der Waals surface area contributed by atoms with Crippen molar-refractivity contribution in [1.29, 1.82) is 0 Å². The van der Waals surface area contributed by atoms with Gasteiger partial charge in [-0.15, -0.1) is 0 Å². The van der Waals surface area contributed by atoms with Crippen molar-refractivity contribution in [2.75, 3.05) is 31.2 Å². The van der Waals surface area contributed by atoms with Crippen LogP contribution in [-0.2, 0) is 6.42 Å². The van der Waals surface area contributed by atoms with Crippen LogP contribution in [-0.4, -0.2) is 42.4 Å². The summed E-state index contributed by atoms with van der Waals surface area (Å²) in [5.74, 6) is 0.533. The molecule has 29 heavy (non-hydrogen) atoms. The fraction of sp³-hybridized carbons (Fsp3) is 0.455. The standard InChI is InChI=1S/C22H27FN4O2/c23-10-6-21(17-7-11-24-12-8-17)27-15-9-18-16-19(4-5-20(18)27)29-22(28)25-26-13-2-1-3-14-26/h4-5,7-8,11-12,16,21H,1-3,6,9-10,13-15H2,(H,25,28). The highest BCUT2D eigenvalue weighted by atomic mass is 19.1. The van der Waals surface area contributed by atoms with Crippen LogP contribution in [0, 0.1) is 0 Å². The van der Waals surface area contributed by atoms with Crippen LogP contribution in [0.1, 0.15) is 42.9 Å². The lowest BCUT2D eigenvalue weighted by atomic mass is 10.0. The molecular weight excluding hydrogens is 371 g/mol. The first-order valence-corrected chi connectivity index (χ1v) is 10.3. The van der Waals surface area contributed by atoms with Crippen LogP contribution >= 0.6 is 0 Å². The fourth-order valence-electron chi connectivity index (χ4n) is 4.25. The van der Waals surface area contributed by atoms with E-state index in [0.29, 0.717) is 12.2 Å². The summed E-state index contributed by atoms with van der Waals surface area (Å²) in [7, 11) is 0. The van der Waals surface area contributed by atoms with Crippen LogP contribution in [0.2, 0.25) is 0 Å². The van der Waals surface area contributed by atoms with Crippen molar-refractivity contribution in [3.05, 3.63) is 53.9 Å². The number of hydrogen-bond acceptors (Lipinski definition) is 5. The van der Waals surface area contributed by atoms with Gasteiger partial charge >= 0.3 is 6.09 Å². The number of anilines is 1. The zero-order valence-corrected chi connectivity index (χ0v) is 16.5. The fourth-order valence-corrected chi connectivity index (χ4v) is 4.25. The van der Waals surface area contributed by atoms with Crippen molar-refractivity contribution in [1.82, 2.24) is 15.4 Å². The van der Waals surface area contributed by atoms with Crippen LogP contribution in [0.3, 0.4) is 0 Å². The summed E-state index contributed by atoms with van der Waals surface area (Å²) in [5.41, 5.74) is 6.07. The maximum atomic E-state index is 13.2. The topological polar surface area (TPSA) is 57.7 Å². The summed E-state index contributed by atoms with van der Waals surface area (Å²) in [6.45, 7) is 2.15. The molecule has 1 amide bonds. The smallest absolute Gasteiger partial charge is 0.409 e. The van der Waals surface area contributed by atoms with Crippen molar-refractivity contribution in [2.24, 2.45) is 0 Å². The van der Waals surface area contributed by atoms with Crippen molar-refractivity contribution in [2.45, 2.75) is 38.1 Å². The zero-order chi connectivity index (χ0) is 20.1. The number of hydrazine groups is 1. The van der Waals surface area contributed by atoms with E-state index in [1.807, 2.05) is 35.3 Å². The Balaban J connectivity index is 1.45. The second-order valence-electron chi connectivity index (χ2n) is 7.56. The SMILES string of the molecule is O=C(NN1CCCCC1)Oc1ccc2c(c1)CCN2C(CCF)c1ccncc1. The van der Waals surface area contributed by atoms with Crippen LogP contribution < -0.4 is 15.1 Å². The van der Waals surface area contributed by atoms with E-state index in [2.05, 4.69) is 15.3 Å². The number of nitrogens with zero attached hydrogens (tertiary/aromatic N) is 3. The molecular formula is C22H27FN4O2. The van der Waals surface area contributed by atoms with Gasteiger partial charge in [0.15, 0.2) is 0 Å². The molecule has 0 spiro atoms. The van der Waals surface area contributed by atoms with Crippen LogP contribution in [0.15, 0.2) is 42.7 Å². The summed E-state index contributed by atoms with van der Waals surface area (Å²) >= 11 is 0. The normalized spacial score (nSPS) is 17.6. The molecule has 1 aromatic carbocycles. The Hall–Kier alpha value is -2.67. The van der Waals surface area contributed by atoms with Gasteiger partial charge in [0.2, 0.25) is 0 Å². The lowest BCUT2D eigenvalue weighted by molar-refractivity contribution is 0.129. The number of amides is 1. The van der Waals surface area contributed by atoms with Gasteiger partial charge in [0, 0.05) is 44.1 Å². The Labute approximate surface area is 170 Å². The summed E-state index contributed by atoms with van der Waals surface area (Å²) in [6.07, 6.45) is 7.70. The first-order chi connectivity index (χ1) is 14.2. The number of rotatable bonds is 6. The van der Waals surface area contributed by atoms with Gasteiger partial charge in [0.25, 0.3) is 0 Å². The van der Waals surface area contributed by atoms with Gasteiger partial charge in [-0.3, -0.25) is 14.8 Å². The third kappa shape index (κ3) is 4.67. The summed E-state index contributed by atoms with van der Waals surface area (Å²) in [5, 5.41) is 1.91. The summed E-state index contributed by atoms with van der Waals surface area (Å²) in [6, 6.07) is 9.56. The molecule has 2 aliphatic heterocycles. The van der Waals surface area contributed by atoms with E-state index in [4.69, 9.17) is 4.74 Å². The number of benzene rings is 1. The maximum absolute atomic E-state index is 13.2. The molecule has 0 saturated carbocycles. The Bertz CT molecular complexity index is 827. The van der Waals surface area contributed by atoms with Gasteiger partial charge in [0.05, 0.1) is 12.7 Å². The minimum absolute atomic E-state index is 0.0292. The first kappa shape index (κ1) is 19.6. The van der Waals surface area contributed by atoms with Crippen molar-refractivity contribution in [3.8, 4) is 5.75 Å². The largest absolute Gasteiger partial charge is 0.427 e. The average Bonchev–Trinajstić information content (AvgIpc) is 3.16. The molecule has 2 aromatic rings. The van der Waals surface area contributed by atoms with Crippen molar-refractivity contribution < 1.29 is 13.9 Å². The number of pyridine rings is 1. The van der Waals surface area contributed by atoms with Crippen molar-refractivity contribution in [3.63, 3.8) is 0 Å². The van der Waals surface area contributed by atoms with Gasteiger partial charge in [-0.1, -0.05) is 6.42 Å². The van der Waals surface area contributed by atoms with Gasteiger partial charge in [0.1, 0.15) is 5.75 Å². The van der Waals surface area contributed by atoms with E-state index < -0.39 is 6.09 Å². The van der Waals surface area contributed by atoms with Gasteiger partial charge in [-0.25, -0.2) is 9.80 Å². The molecule has 0 radical (unpaired) electrons. The molecule has 1 N–H and O–H groups in total. The molecule has 0 bridgehead atoms. The lowest BCUT2D eigenvalue weighted by Gasteiger charge is -2.30. The number of piperidine rings is 1. The quantitative estimate of drug-likeness (QED) is 0.796. The molecule has 7 heteroatoms. The predicted molar refractivity (Wildman–Crippen MR) is 110 cm³/mol. The minimum atomic E-state index is -0.450. The van der Waals surface area contributed by atoms with E-state index in [1.54, 1.807) is 12.4 Å². The number of ether oxygens (including phenoxy) is 1. The number of carbonyl (C=O) groups is 1. The molecule has 1 aromatic heterocycles. The Morgan fingerprint density at radius 2 is 1.93 bits per heavy atom. The molecule has 1 atom stereocenters. The van der Waals surface area contributed by atoms with Gasteiger partial charge in [-0.2, -0.15) is 0 Å². The third-order valence-corrected chi connectivity index (χ3v) is 5.65. The van der Waals surface area contributed by atoms with Crippen LogP contribution in [0.4, 0.5) is 14.9 Å². The molecule has 2 aliphatic rings. The van der Waals surface area contributed by atoms with Gasteiger partial charge in [-0.05, 0) is 60.7 Å². The Morgan fingerprint density at radius 1 is 1.14 bits per heavy atom. The number of aromatic nitrogens is 1. The Kier molecular flexibility index (Phi) is 6.24. The number of carbonyl (C=O) groups excluding carboxylic acids is 1. The van der Waals surface area contributed by atoms with Gasteiger partial charge < -0.3 is 9.64 Å². The average molecular weight is 398 g/mol. The second kappa shape index (κ2) is 9.22. The Morgan fingerprint density at radius 3 is 2.69 bits per heavy atom. The summed E-state index contributed by atoms with van der Waals surface area (Å²) < 4.78 is 18.7. The second-order valence-corrected chi connectivity index (χ2v) is 7.56. The maximum Gasteiger partial charge on any atom is 0.427 e. The molecule has 1 fully saturated rings. The molecule has 6 nitrogen and oxygen atoms in total. The highest BCUT2D eigenvalue weighted by Gasteiger charge is 2.27. The third-order valence-electron chi connectivity index (χ3n) is 5.65. The molecule has 1 saturated heterocycles. The van der Waals surface area contributed by atoms with E-state index in [9.17, 15) is 9.18 Å². The van der Waals surface area contributed by atoms with E-state index >= 15 is 0 Å². The molecule has 0 aliphatic carbocycles. The van der Waals surface area contributed by atoms with E-state index in [-0.39, 0.29) is 12.7 Å². The molecule has 3 heterocycles. The highest BCUT2D eigenvalue weighted by molar-refractivity contribution is 5.71. The number of hydrogen-bond donors (Lipinski definition) is 1. The number of alkyl halides is 1. The monoisotopic (exact) mass is 398 g/mol. The lowest BCUT2D eigenvalue weighted by Crippen LogP contribution is -2.46. The molecule has 4 rings (SSSR count).